The number of carbonyl (C=O) groups is 1. The second-order valence-corrected chi connectivity index (χ2v) is 8.29. The van der Waals surface area contributed by atoms with Crippen LogP contribution in [0.4, 0.5) is 11.5 Å². The normalized spacial score (nSPS) is 11.0. The van der Waals surface area contributed by atoms with Crippen LogP contribution in [0, 0.1) is 0 Å². The van der Waals surface area contributed by atoms with Crippen molar-refractivity contribution in [3.05, 3.63) is 84.2 Å². The van der Waals surface area contributed by atoms with E-state index in [1.165, 1.54) is 0 Å². The van der Waals surface area contributed by atoms with Crippen molar-refractivity contribution in [3.8, 4) is 5.75 Å². The van der Waals surface area contributed by atoms with Crippen molar-refractivity contribution in [3.63, 3.8) is 0 Å². The van der Waals surface area contributed by atoms with Crippen LogP contribution in [0.5, 0.6) is 5.75 Å². The number of likely N-dealkylation sites (N-methyl/N-ethyl adjacent to an activating group) is 2. The summed E-state index contributed by atoms with van der Waals surface area (Å²) in [6, 6.07) is 21.4. The zero-order valence-corrected chi connectivity index (χ0v) is 19.2. The highest BCUT2D eigenvalue weighted by Crippen LogP contribution is 2.23. The maximum atomic E-state index is 12.8. The van der Waals surface area contributed by atoms with Crippen LogP contribution >= 0.6 is 0 Å². The number of anilines is 2. The molecule has 0 unspecified atom stereocenters. The molecule has 0 bridgehead atoms. The number of benzene rings is 2. The first-order chi connectivity index (χ1) is 16.0. The molecule has 0 saturated heterocycles. The minimum atomic E-state index is -0.214. The van der Waals surface area contributed by atoms with Gasteiger partial charge in [-0.25, -0.2) is 4.98 Å². The number of carbonyl (C=O) groups excluding carboxylic acids is 1. The van der Waals surface area contributed by atoms with Gasteiger partial charge in [-0.05, 0) is 56.1 Å². The van der Waals surface area contributed by atoms with Crippen LogP contribution in [0.3, 0.4) is 0 Å². The number of pyridine rings is 1. The molecule has 0 atom stereocenters. The number of nitrogens with one attached hydrogen (secondary N) is 2. The van der Waals surface area contributed by atoms with Crippen LogP contribution in [-0.4, -0.2) is 55.0 Å². The van der Waals surface area contributed by atoms with Gasteiger partial charge in [0, 0.05) is 31.0 Å². The van der Waals surface area contributed by atoms with Gasteiger partial charge in [0.15, 0.2) is 0 Å². The van der Waals surface area contributed by atoms with E-state index in [2.05, 4.69) is 25.1 Å². The summed E-state index contributed by atoms with van der Waals surface area (Å²) in [5, 5.41) is 3.82. The van der Waals surface area contributed by atoms with E-state index in [9.17, 15) is 4.79 Å². The SMILES string of the molecule is CN(C)CCN(C)c1ccc(NC(=O)c2cc3cc(OCc4ccccc4)ccc3[nH]2)cn1. The van der Waals surface area contributed by atoms with Crippen LogP contribution in [0.25, 0.3) is 10.9 Å². The predicted octanol–water partition coefficient (Wildman–Crippen LogP) is 4.39. The number of H-pyrrole nitrogens is 1. The van der Waals surface area contributed by atoms with Crippen molar-refractivity contribution < 1.29 is 9.53 Å². The molecular weight excluding hydrogens is 414 g/mol. The Balaban J connectivity index is 1.38. The van der Waals surface area contributed by atoms with E-state index in [1.807, 2.05) is 87.9 Å². The summed E-state index contributed by atoms with van der Waals surface area (Å²) < 4.78 is 5.90. The van der Waals surface area contributed by atoms with Crippen LogP contribution in [-0.2, 0) is 6.61 Å². The van der Waals surface area contributed by atoms with E-state index in [0.29, 0.717) is 18.0 Å². The van der Waals surface area contributed by atoms with Gasteiger partial charge in [-0.2, -0.15) is 0 Å². The van der Waals surface area contributed by atoms with Crippen molar-refractivity contribution in [1.29, 1.82) is 0 Å². The van der Waals surface area contributed by atoms with Crippen molar-refractivity contribution in [2.24, 2.45) is 0 Å². The Morgan fingerprint density at radius 1 is 1.00 bits per heavy atom. The van der Waals surface area contributed by atoms with Crippen LogP contribution < -0.4 is 15.0 Å². The molecule has 0 radical (unpaired) electrons. The monoisotopic (exact) mass is 443 g/mol. The van der Waals surface area contributed by atoms with Crippen LogP contribution in [0.15, 0.2) is 72.9 Å². The fourth-order valence-corrected chi connectivity index (χ4v) is 3.41. The van der Waals surface area contributed by atoms with Gasteiger partial charge < -0.3 is 24.8 Å². The van der Waals surface area contributed by atoms with Gasteiger partial charge in [0.25, 0.3) is 5.91 Å². The number of rotatable bonds is 9. The largest absolute Gasteiger partial charge is 0.489 e. The number of hydrogen-bond acceptors (Lipinski definition) is 5. The van der Waals surface area contributed by atoms with E-state index >= 15 is 0 Å². The number of fused-ring (bicyclic) bond motifs is 1. The smallest absolute Gasteiger partial charge is 0.272 e. The molecular formula is C26H29N5O2. The average molecular weight is 444 g/mol. The molecule has 0 fully saturated rings. The highest BCUT2D eigenvalue weighted by atomic mass is 16.5. The molecule has 2 N–H and O–H groups in total. The topological polar surface area (TPSA) is 73.5 Å². The zero-order chi connectivity index (χ0) is 23.2. The number of hydrogen-bond donors (Lipinski definition) is 2. The van der Waals surface area contributed by atoms with Gasteiger partial charge in [0.1, 0.15) is 23.9 Å². The van der Waals surface area contributed by atoms with E-state index in [0.717, 1.165) is 41.1 Å². The van der Waals surface area contributed by atoms with Crippen molar-refractivity contribution >= 4 is 28.3 Å². The Morgan fingerprint density at radius 2 is 1.82 bits per heavy atom. The molecule has 2 heterocycles. The molecule has 4 aromatic rings. The summed E-state index contributed by atoms with van der Waals surface area (Å²) in [5.41, 5.74) is 3.12. The average Bonchev–Trinajstić information content (AvgIpc) is 3.26. The third kappa shape index (κ3) is 5.90. The highest BCUT2D eigenvalue weighted by molar-refractivity contribution is 6.06. The maximum Gasteiger partial charge on any atom is 0.272 e. The first-order valence-electron chi connectivity index (χ1n) is 10.9. The molecule has 2 aromatic heterocycles. The molecule has 4 rings (SSSR count). The molecule has 7 heteroatoms. The Morgan fingerprint density at radius 3 is 2.55 bits per heavy atom. The molecule has 1 amide bonds. The summed E-state index contributed by atoms with van der Waals surface area (Å²) in [4.78, 5) is 24.6. The van der Waals surface area contributed by atoms with Crippen molar-refractivity contribution in [2.45, 2.75) is 6.61 Å². The van der Waals surface area contributed by atoms with Crippen molar-refractivity contribution in [2.75, 3.05) is 44.4 Å². The van der Waals surface area contributed by atoms with E-state index < -0.39 is 0 Å². The minimum absolute atomic E-state index is 0.214. The summed E-state index contributed by atoms with van der Waals surface area (Å²) in [6.45, 7) is 2.31. The molecule has 7 nitrogen and oxygen atoms in total. The quantitative estimate of drug-likeness (QED) is 0.401. The fraction of sp³-hybridized carbons (Fsp3) is 0.231. The fourth-order valence-electron chi connectivity index (χ4n) is 3.41. The Kier molecular flexibility index (Phi) is 6.90. The Hall–Kier alpha value is -3.84. The number of amides is 1. The Bertz CT molecular complexity index is 1200. The van der Waals surface area contributed by atoms with Gasteiger partial charge in [0.2, 0.25) is 0 Å². The lowest BCUT2D eigenvalue weighted by molar-refractivity contribution is 0.102. The van der Waals surface area contributed by atoms with Gasteiger partial charge >= 0.3 is 0 Å². The predicted molar refractivity (Wildman–Crippen MR) is 133 cm³/mol. The summed E-state index contributed by atoms with van der Waals surface area (Å²) >= 11 is 0. The minimum Gasteiger partial charge on any atom is -0.489 e. The third-order valence-corrected chi connectivity index (χ3v) is 5.36. The second-order valence-electron chi connectivity index (χ2n) is 8.29. The van der Waals surface area contributed by atoms with E-state index in [4.69, 9.17) is 4.74 Å². The number of ether oxygens (including phenoxy) is 1. The number of aromatic nitrogens is 2. The summed E-state index contributed by atoms with van der Waals surface area (Å²) in [7, 11) is 6.09. The number of nitrogens with zero attached hydrogens (tertiary/aromatic N) is 3. The third-order valence-electron chi connectivity index (χ3n) is 5.36. The van der Waals surface area contributed by atoms with Gasteiger partial charge in [-0.15, -0.1) is 0 Å². The second kappa shape index (κ2) is 10.2. The highest BCUT2D eigenvalue weighted by Gasteiger charge is 2.11. The molecule has 0 aliphatic rings. The number of aromatic amines is 1. The van der Waals surface area contributed by atoms with E-state index in [1.54, 1.807) is 6.20 Å². The molecule has 0 saturated carbocycles. The first-order valence-corrected chi connectivity index (χ1v) is 10.9. The zero-order valence-electron chi connectivity index (χ0n) is 19.2. The summed E-state index contributed by atoms with van der Waals surface area (Å²) in [5.74, 6) is 1.41. The lowest BCUT2D eigenvalue weighted by atomic mass is 10.2. The molecule has 0 spiro atoms. The lowest BCUT2D eigenvalue weighted by Gasteiger charge is -2.20. The van der Waals surface area contributed by atoms with Crippen LogP contribution in [0.2, 0.25) is 0 Å². The molecule has 170 valence electrons. The molecule has 0 aliphatic heterocycles. The standard InChI is InChI=1S/C26H29N5O2/c1-30(2)13-14-31(3)25-12-9-21(17-27-25)28-26(32)24-16-20-15-22(10-11-23(20)29-24)33-18-19-7-5-4-6-8-19/h4-12,15-17,29H,13-14,18H2,1-3H3,(H,28,32). The van der Waals surface area contributed by atoms with Gasteiger partial charge in [-0.3, -0.25) is 4.79 Å². The van der Waals surface area contributed by atoms with Gasteiger partial charge in [-0.1, -0.05) is 30.3 Å². The Labute approximate surface area is 194 Å². The lowest BCUT2D eigenvalue weighted by Crippen LogP contribution is -2.28. The van der Waals surface area contributed by atoms with Crippen molar-refractivity contribution in [1.82, 2.24) is 14.9 Å². The van der Waals surface area contributed by atoms with Gasteiger partial charge in [0.05, 0.1) is 11.9 Å². The van der Waals surface area contributed by atoms with E-state index in [-0.39, 0.29) is 5.91 Å². The van der Waals surface area contributed by atoms with Crippen LogP contribution in [0.1, 0.15) is 16.1 Å². The maximum absolute atomic E-state index is 12.8. The first kappa shape index (κ1) is 22.4. The molecule has 33 heavy (non-hydrogen) atoms. The molecule has 2 aromatic carbocycles. The molecule has 0 aliphatic carbocycles. The summed E-state index contributed by atoms with van der Waals surface area (Å²) in [6.07, 6.45) is 1.68.